The van der Waals surface area contributed by atoms with E-state index < -0.39 is 0 Å². The molecule has 1 aliphatic heterocycles. The number of likely N-dealkylation sites (N-methyl/N-ethyl adjacent to an activating group) is 1. The van der Waals surface area contributed by atoms with Crippen LogP contribution in [0.4, 0.5) is 5.69 Å². The molecule has 0 aliphatic carbocycles. The highest BCUT2D eigenvalue weighted by molar-refractivity contribution is 5.83. The lowest BCUT2D eigenvalue weighted by atomic mass is 9.87. The number of piperidine rings is 1. The number of carbonyl (C=O) groups excluding carboxylic acids is 1. The average Bonchev–Trinajstić information content (AvgIpc) is 2.74. The van der Waals surface area contributed by atoms with E-state index in [2.05, 4.69) is 58.7 Å². The third-order valence-corrected chi connectivity index (χ3v) is 5.66. The Morgan fingerprint density at radius 2 is 1.71 bits per heavy atom. The monoisotopic (exact) mass is 380 g/mol. The second-order valence-corrected chi connectivity index (χ2v) is 7.47. The molecule has 2 aromatic carbocycles. The van der Waals surface area contributed by atoms with Crippen molar-refractivity contribution in [3.63, 3.8) is 0 Å². The average molecular weight is 381 g/mol. The van der Waals surface area contributed by atoms with Crippen molar-refractivity contribution >= 4 is 11.6 Å². The first-order valence-corrected chi connectivity index (χ1v) is 10.5. The summed E-state index contributed by atoms with van der Waals surface area (Å²) < 4.78 is 5.53. The maximum absolute atomic E-state index is 12.0. The lowest BCUT2D eigenvalue weighted by Crippen LogP contribution is -2.32. The van der Waals surface area contributed by atoms with Crippen LogP contribution in [0, 0.1) is 0 Å². The minimum atomic E-state index is -0.101. The highest BCUT2D eigenvalue weighted by atomic mass is 16.5. The quantitative estimate of drug-likeness (QED) is 0.756. The second-order valence-electron chi connectivity index (χ2n) is 7.47. The number of rotatable bonds is 7. The largest absolute Gasteiger partial charge is 0.494 e. The molecule has 150 valence electrons. The smallest absolute Gasteiger partial charge is 0.227 e. The Bertz CT molecular complexity index is 747. The van der Waals surface area contributed by atoms with Crippen molar-refractivity contribution < 1.29 is 9.53 Å². The molecule has 0 bridgehead atoms. The first-order valence-electron chi connectivity index (χ1n) is 10.5. The SMILES string of the molecule is CCNC(=O)C(C)c1ccc(C2CCN(c3ccc(OCC)cc3)CC2)cc1. The number of benzene rings is 2. The van der Waals surface area contributed by atoms with Crippen molar-refractivity contribution in [1.82, 2.24) is 5.32 Å². The third kappa shape index (κ3) is 4.86. The van der Waals surface area contributed by atoms with E-state index in [1.165, 1.54) is 11.3 Å². The predicted octanol–water partition coefficient (Wildman–Crippen LogP) is 4.71. The maximum atomic E-state index is 12.0. The van der Waals surface area contributed by atoms with Crippen molar-refractivity contribution in [3.05, 3.63) is 59.7 Å². The first-order chi connectivity index (χ1) is 13.6. The summed E-state index contributed by atoms with van der Waals surface area (Å²) in [5.74, 6) is 1.52. The normalized spacial score (nSPS) is 15.9. The fourth-order valence-electron chi connectivity index (χ4n) is 3.93. The van der Waals surface area contributed by atoms with E-state index in [1.807, 2.05) is 20.8 Å². The number of nitrogens with one attached hydrogen (secondary N) is 1. The van der Waals surface area contributed by atoms with Gasteiger partial charge in [-0.1, -0.05) is 24.3 Å². The Balaban J connectivity index is 1.56. The molecule has 0 spiro atoms. The summed E-state index contributed by atoms with van der Waals surface area (Å²) in [4.78, 5) is 14.5. The molecule has 0 radical (unpaired) electrons. The fourth-order valence-corrected chi connectivity index (χ4v) is 3.93. The topological polar surface area (TPSA) is 41.6 Å². The first kappa shape index (κ1) is 20.2. The summed E-state index contributed by atoms with van der Waals surface area (Å²) >= 11 is 0. The summed E-state index contributed by atoms with van der Waals surface area (Å²) in [6.07, 6.45) is 2.30. The van der Waals surface area contributed by atoms with E-state index >= 15 is 0 Å². The molecular weight excluding hydrogens is 348 g/mol. The number of carbonyl (C=O) groups is 1. The molecule has 1 aliphatic rings. The van der Waals surface area contributed by atoms with Gasteiger partial charge in [0.15, 0.2) is 0 Å². The zero-order valence-corrected chi connectivity index (χ0v) is 17.3. The second kappa shape index (κ2) is 9.63. The number of amides is 1. The zero-order valence-electron chi connectivity index (χ0n) is 17.3. The number of nitrogens with zero attached hydrogens (tertiary/aromatic N) is 1. The van der Waals surface area contributed by atoms with Crippen molar-refractivity contribution in [1.29, 1.82) is 0 Å². The van der Waals surface area contributed by atoms with Gasteiger partial charge in [0.1, 0.15) is 5.75 Å². The Kier molecular flexibility index (Phi) is 6.96. The van der Waals surface area contributed by atoms with E-state index in [0.29, 0.717) is 19.1 Å². The van der Waals surface area contributed by atoms with E-state index in [1.54, 1.807) is 0 Å². The molecule has 28 heavy (non-hydrogen) atoms. The van der Waals surface area contributed by atoms with Gasteiger partial charge < -0.3 is 15.0 Å². The molecule has 1 amide bonds. The van der Waals surface area contributed by atoms with Crippen molar-refractivity contribution in [2.24, 2.45) is 0 Å². The van der Waals surface area contributed by atoms with Crippen LogP contribution in [0.1, 0.15) is 56.6 Å². The summed E-state index contributed by atoms with van der Waals surface area (Å²) in [7, 11) is 0. The lowest BCUT2D eigenvalue weighted by Gasteiger charge is -2.34. The number of ether oxygens (including phenoxy) is 1. The van der Waals surface area contributed by atoms with Crippen LogP contribution in [0.5, 0.6) is 5.75 Å². The Labute approximate surface area is 168 Å². The molecule has 2 aromatic rings. The summed E-state index contributed by atoms with van der Waals surface area (Å²) in [6, 6.07) is 17.1. The van der Waals surface area contributed by atoms with Gasteiger partial charge in [-0.3, -0.25) is 4.79 Å². The van der Waals surface area contributed by atoms with Gasteiger partial charge in [0.05, 0.1) is 12.5 Å². The number of hydrogen-bond donors (Lipinski definition) is 1. The van der Waals surface area contributed by atoms with Gasteiger partial charge in [-0.05, 0) is 74.9 Å². The van der Waals surface area contributed by atoms with Crippen molar-refractivity contribution in [2.75, 3.05) is 31.1 Å². The van der Waals surface area contributed by atoms with Gasteiger partial charge in [-0.25, -0.2) is 0 Å². The van der Waals surface area contributed by atoms with Gasteiger partial charge in [0, 0.05) is 25.3 Å². The fraction of sp³-hybridized carbons (Fsp3) is 0.458. The Hall–Kier alpha value is -2.49. The van der Waals surface area contributed by atoms with E-state index in [4.69, 9.17) is 4.74 Å². The van der Waals surface area contributed by atoms with Crippen LogP contribution < -0.4 is 15.0 Å². The molecule has 4 nitrogen and oxygen atoms in total. The zero-order chi connectivity index (χ0) is 19.9. The standard InChI is InChI=1S/C24H32N2O2/c1-4-25-24(27)18(3)19-6-8-20(9-7-19)21-14-16-26(17-15-21)22-10-12-23(13-11-22)28-5-2/h6-13,18,21H,4-5,14-17H2,1-3H3,(H,25,27). The molecule has 1 atom stereocenters. The minimum Gasteiger partial charge on any atom is -0.494 e. The highest BCUT2D eigenvalue weighted by Crippen LogP contribution is 2.32. The number of hydrogen-bond acceptors (Lipinski definition) is 3. The van der Waals surface area contributed by atoms with E-state index in [9.17, 15) is 4.79 Å². The van der Waals surface area contributed by atoms with Crippen LogP contribution >= 0.6 is 0 Å². The van der Waals surface area contributed by atoms with Crippen LogP contribution in [0.15, 0.2) is 48.5 Å². The van der Waals surface area contributed by atoms with E-state index in [0.717, 1.165) is 37.2 Å². The summed E-state index contributed by atoms with van der Waals surface area (Å²) in [5, 5.41) is 2.90. The molecule has 0 saturated carbocycles. The van der Waals surface area contributed by atoms with Gasteiger partial charge in [-0.2, -0.15) is 0 Å². The minimum absolute atomic E-state index is 0.0962. The van der Waals surface area contributed by atoms with Crippen LogP contribution in [0.25, 0.3) is 0 Å². The van der Waals surface area contributed by atoms with Crippen molar-refractivity contribution in [3.8, 4) is 5.75 Å². The third-order valence-electron chi connectivity index (χ3n) is 5.66. The molecule has 1 saturated heterocycles. The van der Waals surface area contributed by atoms with Gasteiger partial charge in [0.2, 0.25) is 5.91 Å². The van der Waals surface area contributed by atoms with Crippen molar-refractivity contribution in [2.45, 2.75) is 45.4 Å². The van der Waals surface area contributed by atoms with Gasteiger partial charge >= 0.3 is 0 Å². The molecule has 1 N–H and O–H groups in total. The summed E-state index contributed by atoms with van der Waals surface area (Å²) in [5.41, 5.74) is 3.74. The molecule has 4 heteroatoms. The molecule has 1 fully saturated rings. The van der Waals surface area contributed by atoms with Crippen LogP contribution in [-0.2, 0) is 4.79 Å². The summed E-state index contributed by atoms with van der Waals surface area (Å²) in [6.45, 7) is 9.43. The van der Waals surface area contributed by atoms with Gasteiger partial charge in [0.25, 0.3) is 0 Å². The predicted molar refractivity (Wildman–Crippen MR) is 115 cm³/mol. The molecule has 1 unspecified atom stereocenters. The van der Waals surface area contributed by atoms with Crippen LogP contribution in [-0.4, -0.2) is 32.1 Å². The Morgan fingerprint density at radius 3 is 2.29 bits per heavy atom. The molecule has 1 heterocycles. The Morgan fingerprint density at radius 1 is 1.07 bits per heavy atom. The van der Waals surface area contributed by atoms with Crippen LogP contribution in [0.2, 0.25) is 0 Å². The number of anilines is 1. The molecular formula is C24H32N2O2. The molecule has 3 rings (SSSR count). The lowest BCUT2D eigenvalue weighted by molar-refractivity contribution is -0.122. The van der Waals surface area contributed by atoms with E-state index in [-0.39, 0.29) is 11.8 Å². The maximum Gasteiger partial charge on any atom is 0.227 e. The molecule has 0 aromatic heterocycles. The highest BCUT2D eigenvalue weighted by Gasteiger charge is 2.21. The van der Waals surface area contributed by atoms with Crippen LogP contribution in [0.3, 0.4) is 0 Å². The van der Waals surface area contributed by atoms with Gasteiger partial charge in [-0.15, -0.1) is 0 Å².